The molecule has 0 amide bonds. The van der Waals surface area contributed by atoms with Gasteiger partial charge >= 0.3 is 12.1 Å². The molecule has 5 heterocycles. The topological polar surface area (TPSA) is 121 Å². The van der Waals surface area contributed by atoms with Crippen LogP contribution < -0.4 is 4.90 Å². The van der Waals surface area contributed by atoms with Gasteiger partial charge in [0.1, 0.15) is 10.7 Å². The first-order chi connectivity index (χ1) is 20.4. The van der Waals surface area contributed by atoms with E-state index in [0.29, 0.717) is 28.1 Å². The van der Waals surface area contributed by atoms with Gasteiger partial charge in [0.05, 0.1) is 6.42 Å². The predicted octanol–water partition coefficient (Wildman–Crippen LogP) is 4.54. The molecular formula is C29H29F3N6O4S. The molecule has 3 aromatic heterocycles. The number of hydrogen-bond acceptors (Lipinski definition) is 7. The average Bonchev–Trinajstić information content (AvgIpc) is 3.59. The van der Waals surface area contributed by atoms with E-state index >= 15 is 0 Å². The van der Waals surface area contributed by atoms with E-state index in [4.69, 9.17) is 0 Å². The van der Waals surface area contributed by atoms with Crippen LogP contribution in [0.3, 0.4) is 0 Å². The van der Waals surface area contributed by atoms with Gasteiger partial charge in [0.25, 0.3) is 0 Å². The Hall–Kier alpha value is -4.04. The maximum atomic E-state index is 13.9. The summed E-state index contributed by atoms with van der Waals surface area (Å²) < 4.78 is 70.4. The minimum absolute atomic E-state index is 0.0170. The molecule has 0 aliphatic carbocycles. The lowest BCUT2D eigenvalue weighted by Gasteiger charge is -2.26. The molecule has 10 nitrogen and oxygen atoms in total. The second kappa shape index (κ2) is 10.6. The fourth-order valence-corrected chi connectivity index (χ4v) is 7.85. The summed E-state index contributed by atoms with van der Waals surface area (Å²) >= 11 is 0. The van der Waals surface area contributed by atoms with Gasteiger partial charge in [-0.2, -0.15) is 17.5 Å². The highest BCUT2D eigenvalue weighted by atomic mass is 32.2. The molecule has 1 saturated heterocycles. The third kappa shape index (κ3) is 5.12. The minimum atomic E-state index is -4.71. The lowest BCUT2D eigenvalue weighted by Crippen LogP contribution is -2.39. The molecule has 1 N–H and O–H groups in total. The molecule has 0 saturated carbocycles. The summed E-state index contributed by atoms with van der Waals surface area (Å²) in [5, 5.41) is 16.9. The van der Waals surface area contributed by atoms with Crippen molar-refractivity contribution in [2.24, 2.45) is 0 Å². The Labute approximate surface area is 245 Å². The van der Waals surface area contributed by atoms with Crippen molar-refractivity contribution in [2.75, 3.05) is 18.0 Å². The van der Waals surface area contributed by atoms with Gasteiger partial charge in [-0.25, -0.2) is 13.4 Å². The molecule has 43 heavy (non-hydrogen) atoms. The number of halogens is 3. The van der Waals surface area contributed by atoms with Crippen molar-refractivity contribution < 1.29 is 31.5 Å². The first kappa shape index (κ1) is 29.1. The van der Waals surface area contributed by atoms with Crippen LogP contribution in [-0.4, -0.2) is 62.5 Å². The van der Waals surface area contributed by atoms with E-state index in [1.165, 1.54) is 16.6 Å². The second-order valence-corrected chi connectivity index (χ2v) is 13.0. The standard InChI is InChI=1S/C29H29F3N6O4S/c1-17-7-8-19(23(14-25(39)40)22-9-12-38-26(18(22)2)34-35-28(38)29(30,31)32)13-20(17)15-36-16-21-5-4-11-37(21)27-24(43(36,41)42)6-3-10-33-27/h3,6-10,12-13,21,23H,4-5,11,14-16H2,1-2H3,(H,39,40)/t21-,23-/m1/s1. The van der Waals surface area contributed by atoms with E-state index in [1.807, 2.05) is 13.0 Å². The van der Waals surface area contributed by atoms with E-state index in [1.54, 1.807) is 37.4 Å². The molecule has 6 rings (SSSR count). The van der Waals surface area contributed by atoms with Gasteiger partial charge in [0.2, 0.25) is 15.8 Å². The third-order valence-electron chi connectivity index (χ3n) is 8.43. The number of rotatable bonds is 6. The zero-order chi connectivity index (χ0) is 30.7. The van der Waals surface area contributed by atoms with Crippen molar-refractivity contribution in [3.63, 3.8) is 0 Å². The van der Waals surface area contributed by atoms with E-state index in [2.05, 4.69) is 20.1 Å². The highest BCUT2D eigenvalue weighted by Crippen LogP contribution is 2.38. The second-order valence-electron chi connectivity index (χ2n) is 11.1. The Morgan fingerprint density at radius 2 is 1.95 bits per heavy atom. The molecule has 0 unspecified atom stereocenters. The molecule has 1 fully saturated rings. The molecule has 226 valence electrons. The summed E-state index contributed by atoms with van der Waals surface area (Å²) in [5.74, 6) is -2.53. The number of nitrogens with zero attached hydrogens (tertiary/aromatic N) is 6. The summed E-state index contributed by atoms with van der Waals surface area (Å²) in [6.07, 6.45) is -0.481. The van der Waals surface area contributed by atoms with Gasteiger partial charge in [0.15, 0.2) is 5.65 Å². The zero-order valence-electron chi connectivity index (χ0n) is 23.4. The van der Waals surface area contributed by atoms with Crippen molar-refractivity contribution in [1.82, 2.24) is 23.9 Å². The average molecular weight is 615 g/mol. The third-order valence-corrected chi connectivity index (χ3v) is 10.3. The van der Waals surface area contributed by atoms with E-state index in [-0.39, 0.29) is 36.1 Å². The molecule has 2 aliphatic rings. The maximum Gasteiger partial charge on any atom is 0.452 e. The smallest absolute Gasteiger partial charge is 0.452 e. The molecule has 0 radical (unpaired) electrons. The number of aryl methyl sites for hydroxylation is 2. The van der Waals surface area contributed by atoms with E-state index in [0.717, 1.165) is 29.4 Å². The summed E-state index contributed by atoms with van der Waals surface area (Å²) in [6.45, 7) is 4.53. The number of anilines is 1. The van der Waals surface area contributed by atoms with Crippen LogP contribution in [0.4, 0.5) is 19.0 Å². The summed E-state index contributed by atoms with van der Waals surface area (Å²) in [7, 11) is -3.90. The number of aliphatic carboxylic acids is 1. The summed E-state index contributed by atoms with van der Waals surface area (Å²) in [6, 6.07) is 10.0. The monoisotopic (exact) mass is 614 g/mol. The van der Waals surface area contributed by atoms with Crippen molar-refractivity contribution >= 4 is 27.5 Å². The van der Waals surface area contributed by atoms with Crippen LogP contribution in [0.15, 0.2) is 53.7 Å². The number of alkyl halides is 3. The molecular weight excluding hydrogens is 585 g/mol. The summed E-state index contributed by atoms with van der Waals surface area (Å²) in [5.41, 5.74) is 2.98. The van der Waals surface area contributed by atoms with Gasteiger partial charge in [-0.15, -0.1) is 10.2 Å². The van der Waals surface area contributed by atoms with Gasteiger partial charge < -0.3 is 10.0 Å². The van der Waals surface area contributed by atoms with Gasteiger partial charge in [-0.1, -0.05) is 18.2 Å². The van der Waals surface area contributed by atoms with Crippen molar-refractivity contribution in [1.29, 1.82) is 0 Å². The largest absolute Gasteiger partial charge is 0.481 e. The lowest BCUT2D eigenvalue weighted by atomic mass is 9.85. The van der Waals surface area contributed by atoms with Crippen LogP contribution in [0, 0.1) is 13.8 Å². The van der Waals surface area contributed by atoms with E-state index in [9.17, 15) is 31.5 Å². The number of hydrogen-bond donors (Lipinski definition) is 1. The lowest BCUT2D eigenvalue weighted by molar-refractivity contribution is -0.145. The Balaban J connectivity index is 1.40. The number of sulfonamides is 1. The van der Waals surface area contributed by atoms with Crippen LogP contribution in [-0.2, 0) is 27.5 Å². The highest BCUT2D eigenvalue weighted by Gasteiger charge is 2.40. The van der Waals surface area contributed by atoms with Crippen LogP contribution in [0.25, 0.3) is 5.65 Å². The maximum absolute atomic E-state index is 13.9. The Bertz CT molecular complexity index is 1840. The van der Waals surface area contributed by atoms with Crippen molar-refractivity contribution in [3.8, 4) is 0 Å². The highest BCUT2D eigenvalue weighted by molar-refractivity contribution is 7.89. The first-order valence-corrected chi connectivity index (χ1v) is 15.2. The normalized spacial score (nSPS) is 19.2. The Morgan fingerprint density at radius 1 is 1.16 bits per heavy atom. The van der Waals surface area contributed by atoms with Gasteiger partial charge in [-0.05, 0) is 72.7 Å². The quantitative estimate of drug-likeness (QED) is 0.336. The fourth-order valence-electron chi connectivity index (χ4n) is 6.24. The van der Waals surface area contributed by atoms with E-state index < -0.39 is 33.9 Å². The number of carboxylic acid groups (broad SMARTS) is 1. The minimum Gasteiger partial charge on any atom is -0.481 e. The predicted molar refractivity (Wildman–Crippen MR) is 150 cm³/mol. The molecule has 2 atom stereocenters. The van der Waals surface area contributed by atoms with Crippen LogP contribution in [0.1, 0.15) is 58.8 Å². The van der Waals surface area contributed by atoms with Crippen LogP contribution >= 0.6 is 0 Å². The van der Waals surface area contributed by atoms with Crippen molar-refractivity contribution in [2.45, 2.75) is 62.7 Å². The number of carboxylic acids is 1. The molecule has 14 heteroatoms. The Kier molecular flexibility index (Phi) is 7.16. The van der Waals surface area contributed by atoms with Crippen molar-refractivity contribution in [3.05, 3.63) is 82.4 Å². The van der Waals surface area contributed by atoms with Gasteiger partial charge in [0, 0.05) is 44.0 Å². The number of fused-ring (bicyclic) bond motifs is 4. The SMILES string of the molecule is Cc1ccc([C@@H](CC(=O)O)c2ccn3c(C(F)(F)F)nnc3c2C)cc1CN1C[C@H]2CCCN2c2ncccc2S1(=O)=O. The Morgan fingerprint density at radius 3 is 2.70 bits per heavy atom. The molecule has 2 aliphatic heterocycles. The number of pyridine rings is 2. The molecule has 0 bridgehead atoms. The number of aromatic nitrogens is 4. The first-order valence-electron chi connectivity index (χ1n) is 13.8. The van der Waals surface area contributed by atoms with Gasteiger partial charge in [-0.3, -0.25) is 9.20 Å². The van der Waals surface area contributed by atoms with Crippen LogP contribution in [0.5, 0.6) is 0 Å². The molecule has 0 spiro atoms. The fraction of sp³-hybridized carbons (Fsp3) is 0.379. The molecule has 1 aromatic carbocycles. The molecule has 4 aromatic rings. The number of carbonyl (C=O) groups is 1. The summed E-state index contributed by atoms with van der Waals surface area (Å²) in [4.78, 5) is 18.6. The van der Waals surface area contributed by atoms with Crippen LogP contribution in [0.2, 0.25) is 0 Å². The zero-order valence-corrected chi connectivity index (χ0v) is 24.2. The number of benzene rings is 1.